The molecule has 2 aromatic carbocycles. The summed E-state index contributed by atoms with van der Waals surface area (Å²) in [6, 6.07) is 12.3. The number of ether oxygens (including phenoxy) is 2. The van der Waals surface area contributed by atoms with E-state index in [1.165, 1.54) is 12.0 Å². The first-order valence-corrected chi connectivity index (χ1v) is 11.0. The van der Waals surface area contributed by atoms with E-state index in [9.17, 15) is 14.4 Å². The average molecular weight is 467 g/mol. The summed E-state index contributed by atoms with van der Waals surface area (Å²) < 4.78 is 10.4. The Kier molecular flexibility index (Phi) is 7.88. The highest BCUT2D eigenvalue weighted by Gasteiger charge is 2.31. The first-order valence-electron chi connectivity index (χ1n) is 11.0. The van der Waals surface area contributed by atoms with Crippen LogP contribution < -0.4 is 16.2 Å². The van der Waals surface area contributed by atoms with E-state index in [1.807, 2.05) is 18.2 Å². The van der Waals surface area contributed by atoms with Crippen molar-refractivity contribution in [2.24, 2.45) is 22.4 Å². The maximum absolute atomic E-state index is 13.0. The van der Waals surface area contributed by atoms with Crippen molar-refractivity contribution in [3.63, 3.8) is 0 Å². The summed E-state index contributed by atoms with van der Waals surface area (Å²) in [5, 5.41) is 0. The van der Waals surface area contributed by atoms with E-state index >= 15 is 0 Å². The maximum atomic E-state index is 13.0. The number of carbonyl (C=O) groups is 3. The Labute approximate surface area is 198 Å². The van der Waals surface area contributed by atoms with Gasteiger partial charge in [0.1, 0.15) is 11.7 Å². The van der Waals surface area contributed by atoms with Gasteiger partial charge in [0.15, 0.2) is 5.96 Å². The fraction of sp³-hybridized carbons (Fsp3) is 0.360. The molecule has 0 radical (unpaired) electrons. The van der Waals surface area contributed by atoms with Crippen molar-refractivity contribution in [3.05, 3.63) is 59.2 Å². The molecule has 1 aliphatic rings. The first-order chi connectivity index (χ1) is 16.2. The van der Waals surface area contributed by atoms with Gasteiger partial charge in [-0.2, -0.15) is 0 Å². The zero-order chi connectivity index (χ0) is 24.8. The van der Waals surface area contributed by atoms with E-state index in [2.05, 4.69) is 4.99 Å². The highest BCUT2D eigenvalue weighted by atomic mass is 16.5. The summed E-state index contributed by atoms with van der Waals surface area (Å²) in [7, 11) is 4.43. The summed E-state index contributed by atoms with van der Waals surface area (Å²) in [5.41, 5.74) is 14.3. The van der Waals surface area contributed by atoms with Crippen LogP contribution in [0.25, 0.3) is 0 Å². The number of guanidine groups is 1. The Morgan fingerprint density at radius 2 is 1.82 bits per heavy atom. The maximum Gasteiger partial charge on any atom is 0.318 e. The van der Waals surface area contributed by atoms with Gasteiger partial charge >= 0.3 is 11.9 Å². The van der Waals surface area contributed by atoms with Gasteiger partial charge in [0.2, 0.25) is 5.91 Å². The molecule has 0 saturated carbocycles. The number of methoxy groups -OCH3 is 1. The van der Waals surface area contributed by atoms with E-state index in [0.717, 1.165) is 29.5 Å². The smallest absolute Gasteiger partial charge is 0.318 e. The minimum atomic E-state index is -0.938. The quantitative estimate of drug-likeness (QED) is 0.209. The van der Waals surface area contributed by atoms with Crippen LogP contribution in [0.1, 0.15) is 35.4 Å². The largest absolute Gasteiger partial charge is 0.468 e. The fourth-order valence-electron chi connectivity index (χ4n) is 4.16. The third-order valence-electron chi connectivity index (χ3n) is 5.82. The third kappa shape index (κ3) is 5.72. The summed E-state index contributed by atoms with van der Waals surface area (Å²) in [6.07, 6.45) is 2.45. The molecule has 2 aromatic rings. The molecule has 180 valence electrons. The van der Waals surface area contributed by atoms with Crippen molar-refractivity contribution in [2.75, 3.05) is 21.2 Å². The van der Waals surface area contributed by atoms with Gasteiger partial charge in [0.05, 0.1) is 18.7 Å². The molecule has 3 rings (SSSR count). The van der Waals surface area contributed by atoms with Crippen LogP contribution in [-0.4, -0.2) is 49.9 Å². The van der Waals surface area contributed by atoms with Crippen LogP contribution >= 0.6 is 0 Å². The summed E-state index contributed by atoms with van der Waals surface area (Å²) in [5.74, 6) is -2.28. The van der Waals surface area contributed by atoms with E-state index in [0.29, 0.717) is 17.9 Å². The Bertz CT molecular complexity index is 1090. The van der Waals surface area contributed by atoms with Gasteiger partial charge in [-0.1, -0.05) is 24.3 Å². The van der Waals surface area contributed by atoms with Gasteiger partial charge in [0.25, 0.3) is 0 Å². The molecule has 9 heteroatoms. The standard InChI is InChI=1S/C25H30N4O5/c1-29(2)22(30)20(23(31)33-3)14-15-10-12-16(13-11-15)34-24(32)19-8-4-7-18-17(19)6-5-9-21(18)28-25(26)27/h5-6,9-13,19-20H,4,7-8,14H2,1-3H3,(H4,26,27,28). The molecule has 4 N–H and O–H groups in total. The van der Waals surface area contributed by atoms with Crippen LogP contribution in [0.3, 0.4) is 0 Å². The molecular weight excluding hydrogens is 436 g/mol. The fourth-order valence-corrected chi connectivity index (χ4v) is 4.16. The minimum absolute atomic E-state index is 0.0279. The van der Waals surface area contributed by atoms with Gasteiger partial charge in [-0.3, -0.25) is 14.4 Å². The topological polar surface area (TPSA) is 137 Å². The van der Waals surface area contributed by atoms with Gasteiger partial charge < -0.3 is 25.8 Å². The second-order valence-corrected chi connectivity index (χ2v) is 8.40. The van der Waals surface area contributed by atoms with E-state index in [-0.39, 0.29) is 24.3 Å². The number of fused-ring (bicyclic) bond motifs is 1. The predicted octanol–water partition coefficient (Wildman–Crippen LogP) is 2.04. The molecule has 9 nitrogen and oxygen atoms in total. The van der Waals surface area contributed by atoms with Crippen molar-refractivity contribution in [3.8, 4) is 5.75 Å². The van der Waals surface area contributed by atoms with Crippen molar-refractivity contribution >= 4 is 29.5 Å². The molecule has 0 aliphatic heterocycles. The molecule has 34 heavy (non-hydrogen) atoms. The monoisotopic (exact) mass is 466 g/mol. The number of hydrogen-bond donors (Lipinski definition) is 2. The summed E-state index contributed by atoms with van der Waals surface area (Å²) in [6.45, 7) is 0. The first kappa shape index (κ1) is 24.8. The molecule has 0 spiro atoms. The van der Waals surface area contributed by atoms with Crippen LogP contribution in [0.2, 0.25) is 0 Å². The van der Waals surface area contributed by atoms with Crippen LogP contribution in [0.4, 0.5) is 5.69 Å². The molecular formula is C25H30N4O5. The zero-order valence-corrected chi connectivity index (χ0v) is 19.6. The Hall–Kier alpha value is -3.88. The average Bonchev–Trinajstić information content (AvgIpc) is 2.82. The number of nitrogens with zero attached hydrogens (tertiary/aromatic N) is 2. The molecule has 0 bridgehead atoms. The lowest BCUT2D eigenvalue weighted by atomic mass is 9.82. The SMILES string of the molecule is COC(=O)C(Cc1ccc(OC(=O)C2CCCc3c(N=C(N)N)cccc32)cc1)C(=O)N(C)C. The number of amides is 1. The Morgan fingerprint density at radius 3 is 2.44 bits per heavy atom. The van der Waals surface area contributed by atoms with Gasteiger partial charge in [-0.15, -0.1) is 0 Å². The van der Waals surface area contributed by atoms with Gasteiger partial charge in [0, 0.05) is 14.1 Å². The van der Waals surface area contributed by atoms with E-state index in [1.54, 1.807) is 38.4 Å². The minimum Gasteiger partial charge on any atom is -0.468 e. The molecule has 2 unspecified atom stereocenters. The highest BCUT2D eigenvalue weighted by molar-refractivity contribution is 5.97. The third-order valence-corrected chi connectivity index (χ3v) is 5.82. The second-order valence-electron chi connectivity index (χ2n) is 8.40. The van der Waals surface area contributed by atoms with Crippen LogP contribution in [0, 0.1) is 5.92 Å². The zero-order valence-electron chi connectivity index (χ0n) is 19.6. The number of hydrogen-bond acceptors (Lipinski definition) is 6. The number of esters is 2. The van der Waals surface area contributed by atoms with Gasteiger partial charge in [-0.05, 0) is 60.6 Å². The highest BCUT2D eigenvalue weighted by Crippen LogP contribution is 2.37. The van der Waals surface area contributed by atoms with Crippen molar-refractivity contribution < 1.29 is 23.9 Å². The van der Waals surface area contributed by atoms with Crippen LogP contribution in [0.15, 0.2) is 47.5 Å². The van der Waals surface area contributed by atoms with Gasteiger partial charge in [-0.25, -0.2) is 4.99 Å². The lowest BCUT2D eigenvalue weighted by Gasteiger charge is -2.25. The van der Waals surface area contributed by atoms with Crippen molar-refractivity contribution in [1.29, 1.82) is 0 Å². The molecule has 0 saturated heterocycles. The summed E-state index contributed by atoms with van der Waals surface area (Å²) in [4.78, 5) is 43.0. The molecule has 0 fully saturated rings. The normalized spacial score (nSPS) is 15.4. The summed E-state index contributed by atoms with van der Waals surface area (Å²) >= 11 is 0. The molecule has 1 amide bonds. The predicted molar refractivity (Wildman–Crippen MR) is 128 cm³/mol. The lowest BCUT2D eigenvalue weighted by molar-refractivity contribution is -0.152. The van der Waals surface area contributed by atoms with Crippen LogP contribution in [-0.2, 0) is 32.0 Å². The number of benzene rings is 2. The van der Waals surface area contributed by atoms with Crippen molar-refractivity contribution in [2.45, 2.75) is 31.6 Å². The second kappa shape index (κ2) is 10.8. The molecule has 0 aromatic heterocycles. The van der Waals surface area contributed by atoms with Crippen molar-refractivity contribution in [1.82, 2.24) is 4.90 Å². The lowest BCUT2D eigenvalue weighted by Crippen LogP contribution is -2.36. The molecule has 0 heterocycles. The van der Waals surface area contributed by atoms with E-state index < -0.39 is 17.8 Å². The van der Waals surface area contributed by atoms with E-state index in [4.69, 9.17) is 20.9 Å². The Balaban J connectivity index is 1.73. The number of carbonyl (C=O) groups excluding carboxylic acids is 3. The number of aliphatic imine (C=N–C) groups is 1. The molecule has 1 aliphatic carbocycles. The molecule has 2 atom stereocenters. The number of rotatable bonds is 7. The van der Waals surface area contributed by atoms with Crippen LogP contribution in [0.5, 0.6) is 5.75 Å². The number of nitrogens with two attached hydrogens (primary N) is 2. The Morgan fingerprint density at radius 1 is 1.12 bits per heavy atom.